The third-order valence-corrected chi connectivity index (χ3v) is 4.56. The molecule has 4 aromatic rings. The Morgan fingerprint density at radius 1 is 1.00 bits per heavy atom. The van der Waals surface area contributed by atoms with Crippen LogP contribution in [0.5, 0.6) is 5.75 Å². The van der Waals surface area contributed by atoms with Gasteiger partial charge in [0.1, 0.15) is 17.1 Å². The number of benzene rings is 3. The van der Waals surface area contributed by atoms with Gasteiger partial charge in [-0.1, -0.05) is 30.3 Å². The number of rotatable bonds is 3. The molecule has 0 saturated heterocycles. The molecular weight excluding hydrogens is 366 g/mol. The van der Waals surface area contributed by atoms with Crippen molar-refractivity contribution in [2.24, 2.45) is 0 Å². The molecule has 0 atom stereocenters. The van der Waals surface area contributed by atoms with Gasteiger partial charge in [0.25, 0.3) is 0 Å². The molecule has 0 radical (unpaired) electrons. The predicted molar refractivity (Wildman–Crippen MR) is 109 cm³/mol. The fraction of sp³-hybridized carbons (Fsp3) is 0.0417. The summed E-state index contributed by atoms with van der Waals surface area (Å²) in [7, 11) is 0. The lowest BCUT2D eigenvalue weighted by Crippen LogP contribution is -2.10. The second-order valence-corrected chi connectivity index (χ2v) is 6.47. The summed E-state index contributed by atoms with van der Waals surface area (Å²) in [6.45, 7) is 1.73. The van der Waals surface area contributed by atoms with Gasteiger partial charge >= 0.3 is 5.97 Å². The minimum Gasteiger partial charge on any atom is -0.460 e. The largest absolute Gasteiger partial charge is 0.460 e. The minimum atomic E-state index is -0.561. The van der Waals surface area contributed by atoms with E-state index in [1.54, 1.807) is 31.2 Å². The number of esters is 1. The van der Waals surface area contributed by atoms with Crippen LogP contribution in [0.3, 0.4) is 0 Å². The molecule has 5 heteroatoms. The van der Waals surface area contributed by atoms with Gasteiger partial charge in [-0.15, -0.1) is 0 Å². The van der Waals surface area contributed by atoms with E-state index in [1.165, 1.54) is 18.2 Å². The Labute approximate surface area is 166 Å². The summed E-state index contributed by atoms with van der Waals surface area (Å²) in [4.78, 5) is 25.3. The van der Waals surface area contributed by atoms with Gasteiger partial charge in [-0.05, 0) is 48.9 Å². The van der Waals surface area contributed by atoms with Crippen LogP contribution in [0.25, 0.3) is 22.1 Å². The monoisotopic (exact) mass is 381 g/mol. The summed E-state index contributed by atoms with van der Waals surface area (Å²) >= 11 is 0. The summed E-state index contributed by atoms with van der Waals surface area (Å²) in [6, 6.07) is 22.2. The van der Waals surface area contributed by atoms with Crippen molar-refractivity contribution in [2.75, 3.05) is 0 Å². The van der Waals surface area contributed by atoms with Gasteiger partial charge in [0.2, 0.25) is 5.43 Å². The Morgan fingerprint density at radius 3 is 2.41 bits per heavy atom. The lowest BCUT2D eigenvalue weighted by molar-refractivity contribution is 0.0735. The molecule has 1 heterocycles. The highest BCUT2D eigenvalue weighted by molar-refractivity contribution is 5.92. The highest BCUT2D eigenvalue weighted by Crippen LogP contribution is 2.26. The topological polar surface area (TPSA) is 80.3 Å². The van der Waals surface area contributed by atoms with Crippen molar-refractivity contribution in [1.82, 2.24) is 0 Å². The molecule has 0 unspecified atom stereocenters. The number of carbonyl (C=O) groups excluding carboxylic acids is 1. The van der Waals surface area contributed by atoms with Crippen LogP contribution in [0.2, 0.25) is 0 Å². The lowest BCUT2D eigenvalue weighted by atomic mass is 10.0. The van der Waals surface area contributed by atoms with E-state index in [9.17, 15) is 9.59 Å². The molecule has 4 rings (SSSR count). The molecule has 0 amide bonds. The Kier molecular flexibility index (Phi) is 4.68. The number of ether oxygens (including phenoxy) is 1. The Morgan fingerprint density at radius 2 is 1.72 bits per heavy atom. The summed E-state index contributed by atoms with van der Waals surface area (Å²) in [5.74, 6) is 0.194. The fourth-order valence-corrected chi connectivity index (χ4v) is 3.13. The number of carbonyl (C=O) groups is 1. The Hall–Kier alpha value is -4.17. The van der Waals surface area contributed by atoms with Crippen LogP contribution >= 0.6 is 0 Å². The maximum Gasteiger partial charge on any atom is 0.343 e. The third-order valence-electron chi connectivity index (χ3n) is 4.56. The first-order chi connectivity index (χ1) is 14.1. The Balaban J connectivity index is 1.69. The average Bonchev–Trinajstić information content (AvgIpc) is 2.74. The molecule has 0 aliphatic heterocycles. The zero-order chi connectivity index (χ0) is 20.4. The first-order valence-corrected chi connectivity index (χ1v) is 8.92. The zero-order valence-corrected chi connectivity index (χ0v) is 15.5. The quantitative estimate of drug-likeness (QED) is 0.374. The van der Waals surface area contributed by atoms with Crippen molar-refractivity contribution in [3.05, 3.63) is 99.9 Å². The van der Waals surface area contributed by atoms with E-state index in [1.807, 2.05) is 36.4 Å². The van der Waals surface area contributed by atoms with E-state index >= 15 is 0 Å². The van der Waals surface area contributed by atoms with Gasteiger partial charge in [-0.25, -0.2) is 4.79 Å². The molecule has 0 bridgehead atoms. The van der Waals surface area contributed by atoms with Gasteiger partial charge in [0, 0.05) is 6.07 Å². The predicted octanol–water partition coefficient (Wildman–Crippen LogP) is 4.86. The number of hydrogen-bond donors (Lipinski definition) is 0. The van der Waals surface area contributed by atoms with Gasteiger partial charge < -0.3 is 9.15 Å². The molecule has 0 spiro atoms. The van der Waals surface area contributed by atoms with Gasteiger partial charge in [-0.3, -0.25) is 4.79 Å². The highest BCUT2D eigenvalue weighted by atomic mass is 16.5. The molecule has 1 aromatic heterocycles. The van der Waals surface area contributed by atoms with Crippen molar-refractivity contribution in [1.29, 1.82) is 5.26 Å². The van der Waals surface area contributed by atoms with Crippen LogP contribution in [0.15, 0.2) is 82.0 Å². The second-order valence-electron chi connectivity index (χ2n) is 6.47. The van der Waals surface area contributed by atoms with Gasteiger partial charge in [0.15, 0.2) is 0 Å². The van der Waals surface area contributed by atoms with Gasteiger partial charge in [0.05, 0.1) is 28.1 Å². The molecule has 29 heavy (non-hydrogen) atoms. The molecule has 0 saturated carbocycles. The average molecular weight is 381 g/mol. The lowest BCUT2D eigenvalue weighted by Gasteiger charge is -2.09. The standard InChI is InChI=1S/C24H15NO4/c1-15-22(17-5-3-2-4-6-17)23(26)20-12-11-19(13-21(20)28-15)29-24(27)18-9-7-16(14-25)8-10-18/h2-13H,1H3. The maximum atomic E-state index is 13.0. The first kappa shape index (κ1) is 18.2. The molecular formula is C24H15NO4. The van der Waals surface area contributed by atoms with Crippen molar-refractivity contribution in [2.45, 2.75) is 6.92 Å². The molecule has 0 aliphatic carbocycles. The van der Waals surface area contributed by atoms with E-state index in [2.05, 4.69) is 0 Å². The van der Waals surface area contributed by atoms with Crippen molar-refractivity contribution >= 4 is 16.9 Å². The van der Waals surface area contributed by atoms with Crippen molar-refractivity contribution < 1.29 is 13.9 Å². The maximum absolute atomic E-state index is 13.0. The van der Waals surface area contributed by atoms with Crippen LogP contribution in [-0.2, 0) is 0 Å². The minimum absolute atomic E-state index is 0.139. The fourth-order valence-electron chi connectivity index (χ4n) is 3.13. The zero-order valence-electron chi connectivity index (χ0n) is 15.5. The van der Waals surface area contributed by atoms with Crippen LogP contribution in [0, 0.1) is 18.3 Å². The van der Waals surface area contributed by atoms with Crippen LogP contribution in [0.1, 0.15) is 21.7 Å². The molecule has 3 aromatic carbocycles. The van der Waals surface area contributed by atoms with Crippen molar-refractivity contribution in [3.63, 3.8) is 0 Å². The number of nitriles is 1. The van der Waals surface area contributed by atoms with E-state index in [-0.39, 0.29) is 11.2 Å². The summed E-state index contributed by atoms with van der Waals surface area (Å²) < 4.78 is 11.3. The van der Waals surface area contributed by atoms with Crippen LogP contribution < -0.4 is 10.2 Å². The van der Waals surface area contributed by atoms with E-state index in [0.29, 0.717) is 33.4 Å². The smallest absolute Gasteiger partial charge is 0.343 e. The molecule has 140 valence electrons. The molecule has 0 N–H and O–H groups in total. The molecule has 5 nitrogen and oxygen atoms in total. The van der Waals surface area contributed by atoms with Crippen LogP contribution in [0.4, 0.5) is 0 Å². The molecule has 0 fully saturated rings. The van der Waals surface area contributed by atoms with E-state index < -0.39 is 5.97 Å². The second kappa shape index (κ2) is 7.45. The number of hydrogen-bond acceptors (Lipinski definition) is 5. The SMILES string of the molecule is Cc1oc2cc(OC(=O)c3ccc(C#N)cc3)ccc2c(=O)c1-c1ccccc1. The molecule has 0 aliphatic rings. The summed E-state index contributed by atoms with van der Waals surface area (Å²) in [6.07, 6.45) is 0. The highest BCUT2D eigenvalue weighted by Gasteiger charge is 2.15. The van der Waals surface area contributed by atoms with Gasteiger partial charge in [-0.2, -0.15) is 5.26 Å². The summed E-state index contributed by atoms with van der Waals surface area (Å²) in [5.41, 5.74) is 2.29. The van der Waals surface area contributed by atoms with E-state index in [0.717, 1.165) is 5.56 Å². The number of aryl methyl sites for hydroxylation is 1. The summed E-state index contributed by atoms with van der Waals surface area (Å²) in [5, 5.41) is 9.25. The number of nitrogens with zero attached hydrogens (tertiary/aromatic N) is 1. The first-order valence-electron chi connectivity index (χ1n) is 8.92. The Bertz CT molecular complexity index is 1310. The third kappa shape index (κ3) is 3.52. The number of fused-ring (bicyclic) bond motifs is 1. The normalized spacial score (nSPS) is 10.5. The van der Waals surface area contributed by atoms with Crippen LogP contribution in [-0.4, -0.2) is 5.97 Å². The van der Waals surface area contributed by atoms with E-state index in [4.69, 9.17) is 14.4 Å². The van der Waals surface area contributed by atoms with Crippen molar-refractivity contribution in [3.8, 4) is 22.9 Å².